The molecule has 2 aromatic rings. The van der Waals surface area contributed by atoms with Crippen LogP contribution in [0, 0.1) is 0 Å². The van der Waals surface area contributed by atoms with Crippen LogP contribution in [0.1, 0.15) is 49.7 Å². The number of benzene rings is 1. The lowest BCUT2D eigenvalue weighted by atomic mass is 9.98. The number of nitrogens with one attached hydrogen (secondary N) is 3. The highest BCUT2D eigenvalue weighted by Gasteiger charge is 2.50. The molecular weight excluding hydrogens is 498 g/mol. The van der Waals surface area contributed by atoms with E-state index in [0.29, 0.717) is 11.3 Å². The smallest absolute Gasteiger partial charge is 0.407 e. The predicted octanol–water partition coefficient (Wildman–Crippen LogP) is 2.20. The summed E-state index contributed by atoms with van der Waals surface area (Å²) in [6.45, 7) is 5.80. The van der Waals surface area contributed by atoms with E-state index in [9.17, 15) is 19.2 Å². The number of amides is 5. The monoisotopic (exact) mass is 529 g/mol. The van der Waals surface area contributed by atoms with Gasteiger partial charge in [-0.1, -0.05) is 30.3 Å². The number of hydroxylamine groups is 2. The fourth-order valence-corrected chi connectivity index (χ4v) is 4.24. The van der Waals surface area contributed by atoms with Crippen molar-refractivity contribution in [3.63, 3.8) is 0 Å². The van der Waals surface area contributed by atoms with Gasteiger partial charge in [-0.2, -0.15) is 14.8 Å². The van der Waals surface area contributed by atoms with E-state index >= 15 is 0 Å². The first-order chi connectivity index (χ1) is 18.0. The molecule has 2 aliphatic rings. The van der Waals surface area contributed by atoms with Crippen molar-refractivity contribution in [2.75, 3.05) is 26.2 Å². The van der Waals surface area contributed by atoms with Crippen LogP contribution >= 0.6 is 0 Å². The first kappa shape index (κ1) is 26.7. The summed E-state index contributed by atoms with van der Waals surface area (Å²) in [5, 5.41) is 22.3. The molecule has 0 spiro atoms. The van der Waals surface area contributed by atoms with E-state index in [1.807, 2.05) is 30.3 Å². The van der Waals surface area contributed by atoms with E-state index in [2.05, 4.69) is 21.0 Å². The molecule has 0 radical (unpaired) electrons. The largest absolute Gasteiger partial charge is 0.465 e. The van der Waals surface area contributed by atoms with E-state index < -0.39 is 41.9 Å². The molecule has 0 aliphatic carbocycles. The number of carboxylic acid groups (broad SMARTS) is 1. The minimum Gasteiger partial charge on any atom is -0.465 e. The lowest BCUT2D eigenvalue weighted by molar-refractivity contribution is -0.141. The zero-order chi connectivity index (χ0) is 27.4. The molecule has 14 nitrogen and oxygen atoms in total. The Kier molecular flexibility index (Phi) is 7.71. The topological polar surface area (TPSA) is 167 Å². The molecule has 2 aliphatic heterocycles. The van der Waals surface area contributed by atoms with Crippen molar-refractivity contribution >= 4 is 24.2 Å². The third-order valence-corrected chi connectivity index (χ3v) is 5.85. The molecule has 2 bridgehead atoms. The van der Waals surface area contributed by atoms with E-state index in [1.54, 1.807) is 20.8 Å². The lowest BCUT2D eigenvalue weighted by Gasteiger charge is -2.29. The first-order valence-corrected chi connectivity index (χ1v) is 12.1. The van der Waals surface area contributed by atoms with Crippen molar-refractivity contribution in [2.24, 2.45) is 0 Å². The van der Waals surface area contributed by atoms with Crippen LogP contribution in [0.3, 0.4) is 0 Å². The van der Waals surface area contributed by atoms with Crippen LogP contribution in [0.25, 0.3) is 0 Å². The zero-order valence-corrected chi connectivity index (χ0v) is 21.3. The van der Waals surface area contributed by atoms with Gasteiger partial charge in [-0.05, 0) is 26.3 Å². The number of aromatic nitrogens is 2. The first-order valence-electron chi connectivity index (χ1n) is 12.1. The highest BCUT2D eigenvalue weighted by Crippen LogP contribution is 2.43. The number of carbonyl (C=O) groups excluding carboxylic acids is 3. The molecule has 1 aromatic heterocycles. The van der Waals surface area contributed by atoms with Crippen molar-refractivity contribution in [1.82, 2.24) is 35.7 Å². The molecule has 204 valence electrons. The second-order valence-electron chi connectivity index (χ2n) is 9.81. The van der Waals surface area contributed by atoms with Gasteiger partial charge >= 0.3 is 24.2 Å². The highest BCUT2D eigenvalue weighted by molar-refractivity contribution is 5.80. The fraction of sp³-hybridized carbons (Fsp3) is 0.458. The Labute approximate surface area is 218 Å². The second-order valence-corrected chi connectivity index (χ2v) is 9.81. The number of urea groups is 1. The summed E-state index contributed by atoms with van der Waals surface area (Å²) < 4.78 is 6.26. The summed E-state index contributed by atoms with van der Waals surface area (Å²) in [6, 6.07) is 7.14. The maximum Gasteiger partial charge on any atom is 0.407 e. The van der Waals surface area contributed by atoms with Crippen LogP contribution in [0.4, 0.5) is 19.2 Å². The van der Waals surface area contributed by atoms with Gasteiger partial charge < -0.3 is 30.7 Å². The maximum atomic E-state index is 13.2. The van der Waals surface area contributed by atoms with Crippen molar-refractivity contribution in [2.45, 2.75) is 45.1 Å². The molecule has 2 atom stereocenters. The Balaban J connectivity index is 1.46. The van der Waals surface area contributed by atoms with Gasteiger partial charge in [-0.25, -0.2) is 19.2 Å². The SMILES string of the molecule is CC(C)(C)OC(=O)NCCNC(=O)n1cc2c(n1)C(CNC(=O)O)N1CC2N(OCc2ccccc2)C1=O. The molecule has 1 fully saturated rings. The van der Waals surface area contributed by atoms with Crippen LogP contribution < -0.4 is 16.0 Å². The molecule has 14 heteroatoms. The molecule has 4 rings (SSSR count). The Bertz CT molecular complexity index is 1190. The third kappa shape index (κ3) is 6.14. The van der Waals surface area contributed by atoms with Gasteiger partial charge in [0, 0.05) is 31.4 Å². The summed E-state index contributed by atoms with van der Waals surface area (Å²) >= 11 is 0. The summed E-state index contributed by atoms with van der Waals surface area (Å²) in [5.41, 5.74) is 1.22. The molecule has 0 saturated carbocycles. The Morgan fingerprint density at radius 1 is 1.11 bits per heavy atom. The molecule has 1 aromatic carbocycles. The predicted molar refractivity (Wildman–Crippen MR) is 132 cm³/mol. The lowest BCUT2D eigenvalue weighted by Crippen LogP contribution is -2.41. The van der Waals surface area contributed by atoms with Crippen molar-refractivity contribution in [1.29, 1.82) is 0 Å². The van der Waals surface area contributed by atoms with Crippen LogP contribution in [-0.2, 0) is 16.2 Å². The van der Waals surface area contributed by atoms with Gasteiger partial charge in [0.2, 0.25) is 0 Å². The maximum absolute atomic E-state index is 13.2. The standard InChI is InChI=1S/C24H31N7O7/c1-24(2,3)38-22(35)26-10-9-25-20(32)30-12-16-18-13-29(17(19(16)28-30)11-27-21(33)34)23(36)31(18)37-14-15-7-5-4-6-8-15/h4-8,12,17-18,27H,9-11,13-14H2,1-3H3,(H,25,32)(H,26,35)(H,33,34). The van der Waals surface area contributed by atoms with Gasteiger partial charge in [0.15, 0.2) is 0 Å². The van der Waals surface area contributed by atoms with Gasteiger partial charge in [-0.15, -0.1) is 0 Å². The molecular formula is C24H31N7O7. The number of rotatable bonds is 8. The minimum atomic E-state index is -1.24. The molecule has 2 unspecified atom stereocenters. The van der Waals surface area contributed by atoms with Gasteiger partial charge in [0.05, 0.1) is 18.3 Å². The number of hydrogen-bond acceptors (Lipinski definition) is 7. The van der Waals surface area contributed by atoms with Gasteiger partial charge in [-0.3, -0.25) is 4.84 Å². The zero-order valence-electron chi connectivity index (χ0n) is 21.3. The van der Waals surface area contributed by atoms with E-state index in [4.69, 9.17) is 14.7 Å². The van der Waals surface area contributed by atoms with E-state index in [-0.39, 0.29) is 32.8 Å². The Morgan fingerprint density at radius 2 is 1.82 bits per heavy atom. The molecule has 38 heavy (non-hydrogen) atoms. The van der Waals surface area contributed by atoms with Gasteiger partial charge in [0.25, 0.3) is 0 Å². The summed E-state index contributed by atoms with van der Waals surface area (Å²) in [5.74, 6) is 0. The van der Waals surface area contributed by atoms with Crippen LogP contribution in [0.5, 0.6) is 0 Å². The molecule has 1 saturated heterocycles. The summed E-state index contributed by atoms with van der Waals surface area (Å²) in [7, 11) is 0. The van der Waals surface area contributed by atoms with Crippen molar-refractivity contribution in [3.8, 4) is 0 Å². The number of hydrogen-bond donors (Lipinski definition) is 4. The van der Waals surface area contributed by atoms with E-state index in [1.165, 1.54) is 16.2 Å². The Hall–Kier alpha value is -4.33. The number of fused-ring (bicyclic) bond motifs is 4. The number of nitrogens with zero attached hydrogens (tertiary/aromatic N) is 4. The highest BCUT2D eigenvalue weighted by atomic mass is 16.7. The third-order valence-electron chi connectivity index (χ3n) is 5.85. The van der Waals surface area contributed by atoms with Crippen LogP contribution in [-0.4, -0.2) is 80.9 Å². The van der Waals surface area contributed by atoms with Crippen LogP contribution in [0.2, 0.25) is 0 Å². The number of alkyl carbamates (subject to hydrolysis) is 1. The number of carbonyl (C=O) groups is 4. The van der Waals surface area contributed by atoms with Crippen molar-refractivity contribution < 1.29 is 33.9 Å². The summed E-state index contributed by atoms with van der Waals surface area (Å²) in [4.78, 5) is 56.2. The Morgan fingerprint density at radius 3 is 2.50 bits per heavy atom. The normalized spacial score (nSPS) is 18.1. The average molecular weight is 530 g/mol. The van der Waals surface area contributed by atoms with E-state index in [0.717, 1.165) is 10.2 Å². The average Bonchev–Trinajstić information content (AvgIpc) is 3.41. The summed E-state index contributed by atoms with van der Waals surface area (Å²) in [6.07, 6.45) is -0.327. The van der Waals surface area contributed by atoms with Crippen LogP contribution in [0.15, 0.2) is 36.5 Å². The molecule has 5 amide bonds. The molecule has 4 N–H and O–H groups in total. The van der Waals surface area contributed by atoms with Crippen molar-refractivity contribution in [3.05, 3.63) is 53.3 Å². The second kappa shape index (κ2) is 11.0. The number of ether oxygens (including phenoxy) is 1. The van der Waals surface area contributed by atoms with Gasteiger partial charge in [0.1, 0.15) is 18.2 Å². The quantitative estimate of drug-likeness (QED) is 0.378. The molecule has 3 heterocycles. The fourth-order valence-electron chi connectivity index (χ4n) is 4.24. The minimum absolute atomic E-state index is 0.105.